The number of thioether (sulfide) groups is 1. The number of nitrogens with zero attached hydrogens (tertiary/aromatic N) is 1. The van der Waals surface area contributed by atoms with Crippen LogP contribution in [0.15, 0.2) is 0 Å². The van der Waals surface area contributed by atoms with Gasteiger partial charge in [-0.25, -0.2) is 0 Å². The van der Waals surface area contributed by atoms with E-state index in [1.165, 1.54) is 0 Å². The zero-order chi connectivity index (χ0) is 9.35. The predicted molar refractivity (Wildman–Crippen MR) is 49.9 cm³/mol. The van der Waals surface area contributed by atoms with E-state index in [-0.39, 0.29) is 22.6 Å². The van der Waals surface area contributed by atoms with Crippen molar-refractivity contribution >= 4 is 17.7 Å². The van der Waals surface area contributed by atoms with Crippen molar-refractivity contribution in [1.82, 2.24) is 4.90 Å². The van der Waals surface area contributed by atoms with Crippen LogP contribution in [0.25, 0.3) is 0 Å². The highest BCUT2D eigenvalue weighted by Gasteiger charge is 2.42. The van der Waals surface area contributed by atoms with Crippen LogP contribution in [0.3, 0.4) is 0 Å². The molecule has 3 nitrogen and oxygen atoms in total. The van der Waals surface area contributed by atoms with Crippen molar-refractivity contribution < 1.29 is 9.90 Å². The summed E-state index contributed by atoms with van der Waals surface area (Å²) in [6, 6.07) is 0. The van der Waals surface area contributed by atoms with Crippen LogP contribution in [0.5, 0.6) is 0 Å². The first-order valence-electron chi connectivity index (χ1n) is 4.05. The van der Waals surface area contributed by atoms with Gasteiger partial charge in [0.1, 0.15) is 0 Å². The molecule has 1 atom stereocenters. The second kappa shape index (κ2) is 3.26. The Labute approximate surface area is 77.1 Å². The van der Waals surface area contributed by atoms with Gasteiger partial charge in [-0.05, 0) is 20.3 Å². The maximum Gasteiger partial charge on any atom is 0.236 e. The Hall–Kier alpha value is -0.220. The summed E-state index contributed by atoms with van der Waals surface area (Å²) in [6.45, 7) is 4.13. The fraction of sp³-hybridized carbons (Fsp3) is 0.875. The van der Waals surface area contributed by atoms with Gasteiger partial charge in [-0.15, -0.1) is 11.8 Å². The van der Waals surface area contributed by atoms with E-state index in [0.717, 1.165) is 0 Å². The lowest BCUT2D eigenvalue weighted by molar-refractivity contribution is -0.130. The predicted octanol–water partition coefficient (Wildman–Crippen LogP) is 0.679. The standard InChI is InChI=1S/C8H15NO2S/c1-8(2)9(3)7(11)6(12-8)4-5-10/h6,10H,4-5H2,1-3H3. The molecule has 0 radical (unpaired) electrons. The molecule has 1 heterocycles. The molecule has 1 saturated heterocycles. The van der Waals surface area contributed by atoms with Crippen molar-refractivity contribution in [2.24, 2.45) is 0 Å². The third-order valence-electron chi connectivity index (χ3n) is 2.24. The van der Waals surface area contributed by atoms with Gasteiger partial charge < -0.3 is 10.0 Å². The second-order valence-electron chi connectivity index (χ2n) is 3.46. The monoisotopic (exact) mass is 189 g/mol. The summed E-state index contributed by atoms with van der Waals surface area (Å²) in [5.41, 5.74) is 0. The Morgan fingerprint density at radius 2 is 2.25 bits per heavy atom. The number of hydrogen-bond donors (Lipinski definition) is 1. The van der Waals surface area contributed by atoms with Crippen molar-refractivity contribution in [3.05, 3.63) is 0 Å². The lowest BCUT2D eigenvalue weighted by atomic mass is 10.2. The SMILES string of the molecule is CN1C(=O)C(CCO)SC1(C)C. The summed E-state index contributed by atoms with van der Waals surface area (Å²) in [5.74, 6) is 0.138. The van der Waals surface area contributed by atoms with Crippen LogP contribution in [0.1, 0.15) is 20.3 Å². The molecule has 1 fully saturated rings. The van der Waals surface area contributed by atoms with Gasteiger partial charge in [0.05, 0.1) is 10.1 Å². The van der Waals surface area contributed by atoms with E-state index < -0.39 is 0 Å². The average molecular weight is 189 g/mol. The van der Waals surface area contributed by atoms with Crippen LogP contribution in [-0.4, -0.2) is 39.7 Å². The molecular formula is C8H15NO2S. The van der Waals surface area contributed by atoms with Crippen molar-refractivity contribution in [1.29, 1.82) is 0 Å². The highest BCUT2D eigenvalue weighted by molar-refractivity contribution is 8.02. The van der Waals surface area contributed by atoms with Crippen LogP contribution in [0.2, 0.25) is 0 Å². The molecule has 0 aromatic heterocycles. The molecule has 70 valence electrons. The number of aliphatic hydroxyl groups is 1. The van der Waals surface area contributed by atoms with E-state index in [0.29, 0.717) is 6.42 Å². The molecule has 1 aliphatic heterocycles. The van der Waals surface area contributed by atoms with Gasteiger partial charge in [0.2, 0.25) is 5.91 Å². The van der Waals surface area contributed by atoms with E-state index in [1.807, 2.05) is 20.9 Å². The molecule has 1 unspecified atom stereocenters. The Balaban J connectivity index is 2.68. The normalized spacial score (nSPS) is 28.2. The fourth-order valence-electron chi connectivity index (χ4n) is 1.26. The number of aliphatic hydroxyl groups excluding tert-OH is 1. The maximum absolute atomic E-state index is 11.5. The molecule has 1 aliphatic rings. The van der Waals surface area contributed by atoms with Crippen LogP contribution >= 0.6 is 11.8 Å². The summed E-state index contributed by atoms with van der Waals surface area (Å²) < 4.78 is 0. The first kappa shape index (κ1) is 9.86. The van der Waals surface area contributed by atoms with Gasteiger partial charge in [-0.2, -0.15) is 0 Å². The average Bonchev–Trinajstić information content (AvgIpc) is 2.16. The summed E-state index contributed by atoms with van der Waals surface area (Å²) in [5, 5.41) is 8.67. The number of hydrogen-bond acceptors (Lipinski definition) is 3. The van der Waals surface area contributed by atoms with E-state index in [9.17, 15) is 4.79 Å². The number of amides is 1. The topological polar surface area (TPSA) is 40.5 Å². The van der Waals surface area contributed by atoms with Crippen molar-refractivity contribution in [2.75, 3.05) is 13.7 Å². The smallest absolute Gasteiger partial charge is 0.236 e. The Morgan fingerprint density at radius 1 is 1.67 bits per heavy atom. The Kier molecular flexibility index (Phi) is 2.68. The largest absolute Gasteiger partial charge is 0.396 e. The third-order valence-corrected chi connectivity index (χ3v) is 3.81. The maximum atomic E-state index is 11.5. The van der Waals surface area contributed by atoms with E-state index in [4.69, 9.17) is 5.11 Å². The van der Waals surface area contributed by atoms with Crippen LogP contribution in [-0.2, 0) is 4.79 Å². The van der Waals surface area contributed by atoms with Crippen LogP contribution < -0.4 is 0 Å². The highest BCUT2D eigenvalue weighted by atomic mass is 32.2. The van der Waals surface area contributed by atoms with E-state index in [2.05, 4.69) is 0 Å². The van der Waals surface area contributed by atoms with Gasteiger partial charge in [0.15, 0.2) is 0 Å². The summed E-state index contributed by atoms with van der Waals surface area (Å²) in [4.78, 5) is 13.1. The van der Waals surface area contributed by atoms with Crippen molar-refractivity contribution in [3.63, 3.8) is 0 Å². The molecule has 1 amide bonds. The fourth-order valence-corrected chi connectivity index (χ4v) is 2.69. The summed E-state index contributed by atoms with van der Waals surface area (Å²) in [6.07, 6.45) is 0.567. The Morgan fingerprint density at radius 3 is 2.58 bits per heavy atom. The van der Waals surface area contributed by atoms with Gasteiger partial charge >= 0.3 is 0 Å². The minimum atomic E-state index is -0.114. The van der Waals surface area contributed by atoms with Crippen molar-refractivity contribution in [3.8, 4) is 0 Å². The molecule has 0 spiro atoms. The van der Waals surface area contributed by atoms with Gasteiger partial charge in [0.25, 0.3) is 0 Å². The van der Waals surface area contributed by atoms with Crippen molar-refractivity contribution in [2.45, 2.75) is 30.4 Å². The number of rotatable bonds is 2. The molecule has 0 aromatic rings. The zero-order valence-electron chi connectivity index (χ0n) is 7.70. The summed E-state index contributed by atoms with van der Waals surface area (Å²) in [7, 11) is 1.81. The third kappa shape index (κ3) is 1.59. The molecule has 0 bridgehead atoms. The van der Waals surface area contributed by atoms with E-state index >= 15 is 0 Å². The molecule has 0 saturated carbocycles. The zero-order valence-corrected chi connectivity index (χ0v) is 8.52. The lowest BCUT2D eigenvalue weighted by Gasteiger charge is -2.25. The highest BCUT2D eigenvalue weighted by Crippen LogP contribution is 2.40. The first-order valence-corrected chi connectivity index (χ1v) is 4.93. The van der Waals surface area contributed by atoms with Crippen LogP contribution in [0, 0.1) is 0 Å². The number of carbonyl (C=O) groups excluding carboxylic acids is 1. The lowest BCUT2D eigenvalue weighted by Crippen LogP contribution is -2.36. The molecule has 0 aliphatic carbocycles. The van der Waals surface area contributed by atoms with Gasteiger partial charge in [-0.3, -0.25) is 4.79 Å². The minimum absolute atomic E-state index is 0.0463. The van der Waals surface area contributed by atoms with Gasteiger partial charge in [-0.1, -0.05) is 0 Å². The molecule has 12 heavy (non-hydrogen) atoms. The Bertz CT molecular complexity index is 193. The minimum Gasteiger partial charge on any atom is -0.396 e. The number of carbonyl (C=O) groups is 1. The quantitative estimate of drug-likeness (QED) is 0.694. The molecule has 4 heteroatoms. The van der Waals surface area contributed by atoms with Gasteiger partial charge in [0, 0.05) is 13.7 Å². The molecular weight excluding hydrogens is 174 g/mol. The molecule has 1 N–H and O–H groups in total. The molecule has 0 aromatic carbocycles. The van der Waals surface area contributed by atoms with E-state index in [1.54, 1.807) is 16.7 Å². The first-order chi connectivity index (χ1) is 5.49. The molecule has 1 rings (SSSR count). The van der Waals surface area contributed by atoms with Crippen LogP contribution in [0.4, 0.5) is 0 Å². The summed E-state index contributed by atoms with van der Waals surface area (Å²) >= 11 is 1.62. The second-order valence-corrected chi connectivity index (χ2v) is 5.27.